The van der Waals surface area contributed by atoms with Gasteiger partial charge in [0.25, 0.3) is 0 Å². The van der Waals surface area contributed by atoms with Crippen LogP contribution in [0.2, 0.25) is 0 Å². The van der Waals surface area contributed by atoms with Gasteiger partial charge in [0.05, 0.1) is 19.3 Å². The Morgan fingerprint density at radius 2 is 1.15 bits per heavy atom. The normalized spacial score (nSPS) is 14.9. The summed E-state index contributed by atoms with van der Waals surface area (Å²) in [7, 11) is -4.43. The second-order valence-corrected chi connectivity index (χ2v) is 15.5. The van der Waals surface area contributed by atoms with Crippen LogP contribution in [0.5, 0.6) is 0 Å². The zero-order valence-electron chi connectivity index (χ0n) is 36.7. The molecule has 0 aliphatic rings. The van der Waals surface area contributed by atoms with Crippen molar-refractivity contribution in [2.45, 2.75) is 148 Å². The Kier molecular flexibility index (Phi) is 40.8. The van der Waals surface area contributed by atoms with E-state index < -0.39 is 38.6 Å². The van der Waals surface area contributed by atoms with Gasteiger partial charge in [-0.3, -0.25) is 18.6 Å². The molecule has 0 saturated carbocycles. The highest BCUT2D eigenvalue weighted by molar-refractivity contribution is 7.47. The average Bonchev–Trinajstić information content (AvgIpc) is 3.23. The minimum absolute atomic E-state index is 0.0233. The zero-order valence-corrected chi connectivity index (χ0v) is 37.6. The largest absolute Gasteiger partial charge is 0.472 e. The van der Waals surface area contributed by atoms with Crippen LogP contribution in [0.3, 0.4) is 0 Å². The van der Waals surface area contributed by atoms with Gasteiger partial charge >= 0.3 is 19.8 Å². The fourth-order valence-corrected chi connectivity index (χ4v) is 5.90. The van der Waals surface area contributed by atoms with Crippen molar-refractivity contribution >= 4 is 19.8 Å². The van der Waals surface area contributed by atoms with Gasteiger partial charge in [0.2, 0.25) is 0 Å². The molecular formula is C49H78NO9P. The number of rotatable bonds is 39. The van der Waals surface area contributed by atoms with E-state index in [0.29, 0.717) is 19.3 Å². The maximum atomic E-state index is 12.6. The lowest BCUT2D eigenvalue weighted by atomic mass is 10.1. The molecular weight excluding hydrogens is 778 g/mol. The maximum absolute atomic E-state index is 12.6. The topological polar surface area (TPSA) is 155 Å². The third-order valence-electron chi connectivity index (χ3n) is 8.43. The van der Waals surface area contributed by atoms with Gasteiger partial charge in [-0.1, -0.05) is 155 Å². The van der Waals surface area contributed by atoms with E-state index in [9.17, 15) is 24.2 Å². The first-order chi connectivity index (χ1) is 29.2. The van der Waals surface area contributed by atoms with E-state index in [1.54, 1.807) is 6.08 Å². The number of aliphatic hydroxyl groups excluding tert-OH is 1. The van der Waals surface area contributed by atoms with E-state index >= 15 is 0 Å². The molecule has 60 heavy (non-hydrogen) atoms. The van der Waals surface area contributed by atoms with Crippen molar-refractivity contribution in [3.05, 3.63) is 122 Å². The summed E-state index contributed by atoms with van der Waals surface area (Å²) in [5, 5.41) is 9.84. The van der Waals surface area contributed by atoms with Gasteiger partial charge in [-0.15, -0.1) is 0 Å². The SMILES string of the molecule is CC/C=C\CC(O)/C=C/C=C/C/C=C\C/C=C\C/C=C\CCC(=O)O[C@H](COC(=O)CCCCC/C=C\C/C=C\C/C=C\C/C=C\CCCCC)COP(=O)(O)OCCN. The number of hydrogen-bond donors (Lipinski definition) is 3. The van der Waals surface area contributed by atoms with E-state index in [1.165, 1.54) is 25.7 Å². The molecule has 0 radical (unpaired) electrons. The van der Waals surface area contributed by atoms with Crippen molar-refractivity contribution in [3.8, 4) is 0 Å². The minimum atomic E-state index is -4.43. The zero-order chi connectivity index (χ0) is 44.0. The Morgan fingerprint density at radius 1 is 0.600 bits per heavy atom. The van der Waals surface area contributed by atoms with Crippen molar-refractivity contribution in [2.24, 2.45) is 5.73 Å². The summed E-state index contributed by atoms with van der Waals surface area (Å²) in [6, 6.07) is 0. The number of ether oxygens (including phenoxy) is 2. The van der Waals surface area contributed by atoms with Gasteiger partial charge in [0, 0.05) is 19.4 Å². The van der Waals surface area contributed by atoms with Crippen LogP contribution in [-0.4, -0.2) is 60.5 Å². The Morgan fingerprint density at radius 3 is 1.72 bits per heavy atom. The highest BCUT2D eigenvalue weighted by Gasteiger charge is 2.25. The van der Waals surface area contributed by atoms with Gasteiger partial charge < -0.3 is 25.2 Å². The third-order valence-corrected chi connectivity index (χ3v) is 9.41. The van der Waals surface area contributed by atoms with Crippen molar-refractivity contribution in [1.82, 2.24) is 0 Å². The van der Waals surface area contributed by atoms with Crippen LogP contribution in [-0.2, 0) is 32.7 Å². The molecule has 11 heteroatoms. The fraction of sp³-hybridized carbons (Fsp3) is 0.551. The van der Waals surface area contributed by atoms with Crippen LogP contribution in [0.4, 0.5) is 0 Å². The van der Waals surface area contributed by atoms with Crippen molar-refractivity contribution < 1.29 is 42.7 Å². The monoisotopic (exact) mass is 856 g/mol. The van der Waals surface area contributed by atoms with Gasteiger partial charge in [-0.2, -0.15) is 0 Å². The summed E-state index contributed by atoms with van der Waals surface area (Å²) < 4.78 is 32.6. The Balaban J connectivity index is 4.40. The molecule has 0 heterocycles. The maximum Gasteiger partial charge on any atom is 0.472 e. The lowest BCUT2D eigenvalue weighted by Crippen LogP contribution is -2.29. The lowest BCUT2D eigenvalue weighted by Gasteiger charge is -2.19. The standard InChI is InChI=1S/C49H78NO9P/c1-3-5-7-8-9-10-11-12-13-14-15-16-17-20-23-26-29-32-36-40-48(52)56-44-47(45-58-60(54,55)57-43-42-50)59-49(53)41-37-33-30-27-24-21-18-19-22-25-28-31-35-39-46(51)38-34-6-4-2/h6,9-10,12-13,15-16,19-24,28,30-31,33-35,39,46-47,51H,3-5,7-8,11,14,17-18,25-27,29,32,36-38,40-45,50H2,1-2H3,(H,54,55)/b10-9-,13-12-,16-15-,22-19-,23-20-,24-21-,31-28+,33-30-,34-6-,39-35+/t46?,47-/m1/s1. The Bertz CT molecular complexity index is 1410. The van der Waals surface area contributed by atoms with E-state index in [-0.39, 0.29) is 32.6 Å². The first-order valence-corrected chi connectivity index (χ1v) is 23.6. The quantitative estimate of drug-likeness (QED) is 0.0179. The van der Waals surface area contributed by atoms with E-state index in [4.69, 9.17) is 24.3 Å². The second-order valence-electron chi connectivity index (χ2n) is 14.0. The summed E-state index contributed by atoms with van der Waals surface area (Å²) in [6.07, 6.45) is 55.7. The molecule has 0 aromatic rings. The molecule has 0 saturated heterocycles. The van der Waals surface area contributed by atoms with Crippen LogP contribution in [0.1, 0.15) is 136 Å². The van der Waals surface area contributed by atoms with Crippen molar-refractivity contribution in [3.63, 3.8) is 0 Å². The van der Waals surface area contributed by atoms with E-state index in [0.717, 1.165) is 64.2 Å². The van der Waals surface area contributed by atoms with Gasteiger partial charge in [0.15, 0.2) is 6.10 Å². The molecule has 0 fully saturated rings. The molecule has 0 rings (SSSR count). The second kappa shape index (κ2) is 43.5. The molecule has 2 unspecified atom stereocenters. The van der Waals surface area contributed by atoms with Crippen molar-refractivity contribution in [1.29, 1.82) is 0 Å². The molecule has 3 atom stereocenters. The molecule has 0 aliphatic carbocycles. The predicted molar refractivity (Wildman–Crippen MR) is 248 cm³/mol. The van der Waals surface area contributed by atoms with Gasteiger partial charge in [-0.05, 0) is 89.9 Å². The van der Waals surface area contributed by atoms with Gasteiger partial charge in [-0.25, -0.2) is 4.57 Å². The summed E-state index contributed by atoms with van der Waals surface area (Å²) in [5.74, 6) is -0.998. The number of carbonyl (C=O) groups excluding carboxylic acids is 2. The Labute approximate surface area is 363 Å². The summed E-state index contributed by atoms with van der Waals surface area (Å²) in [5.41, 5.74) is 5.34. The molecule has 4 N–H and O–H groups in total. The van der Waals surface area contributed by atoms with E-state index in [1.807, 2.05) is 48.6 Å². The molecule has 0 spiro atoms. The number of carbonyl (C=O) groups is 2. The fourth-order valence-electron chi connectivity index (χ4n) is 5.14. The number of unbranched alkanes of at least 4 members (excludes halogenated alkanes) is 6. The third kappa shape index (κ3) is 42.5. The Hall–Kier alpha value is -3.63. The highest BCUT2D eigenvalue weighted by Crippen LogP contribution is 2.43. The molecule has 0 aromatic carbocycles. The van der Waals surface area contributed by atoms with Crippen LogP contribution in [0.25, 0.3) is 0 Å². The van der Waals surface area contributed by atoms with Crippen LogP contribution >= 0.6 is 7.82 Å². The summed E-state index contributed by atoms with van der Waals surface area (Å²) in [4.78, 5) is 34.9. The molecule has 338 valence electrons. The average molecular weight is 856 g/mol. The molecule has 0 amide bonds. The van der Waals surface area contributed by atoms with Crippen LogP contribution < -0.4 is 5.73 Å². The van der Waals surface area contributed by atoms with Crippen molar-refractivity contribution in [2.75, 3.05) is 26.4 Å². The number of hydrogen-bond acceptors (Lipinski definition) is 9. The molecule has 0 aliphatic heterocycles. The highest BCUT2D eigenvalue weighted by atomic mass is 31.2. The summed E-state index contributed by atoms with van der Waals surface area (Å²) in [6.45, 7) is 3.32. The lowest BCUT2D eigenvalue weighted by molar-refractivity contribution is -0.161. The number of allylic oxidation sites excluding steroid dienone is 18. The van der Waals surface area contributed by atoms with Crippen LogP contribution in [0, 0.1) is 0 Å². The number of phosphoric ester groups is 1. The smallest absolute Gasteiger partial charge is 0.462 e. The first-order valence-electron chi connectivity index (χ1n) is 22.1. The molecule has 10 nitrogen and oxygen atoms in total. The minimum Gasteiger partial charge on any atom is -0.462 e. The molecule has 0 aromatic heterocycles. The molecule has 0 bridgehead atoms. The van der Waals surface area contributed by atoms with E-state index in [2.05, 4.69) is 80.7 Å². The van der Waals surface area contributed by atoms with Crippen LogP contribution in [0.15, 0.2) is 122 Å². The number of aliphatic hydroxyl groups is 1. The number of nitrogens with two attached hydrogens (primary N) is 1. The number of esters is 2. The van der Waals surface area contributed by atoms with Gasteiger partial charge in [0.1, 0.15) is 6.61 Å². The predicted octanol–water partition coefficient (Wildman–Crippen LogP) is 11.9. The first kappa shape index (κ1) is 56.4. The number of phosphoric acid groups is 1. The summed E-state index contributed by atoms with van der Waals surface area (Å²) >= 11 is 0.